The van der Waals surface area contributed by atoms with Gasteiger partial charge in [0.15, 0.2) is 5.11 Å². The standard InChI is InChI=1S/C19H24N2O2S/c1-4-16(14-10-12-15(22-3)13-11-14)20-19(24)21-17-8-6-7-9-18(17)23-5-2/h6-13,16H,4-5H2,1-3H3,(H2,20,21,24)/t16-/m1/s1. The highest BCUT2D eigenvalue weighted by Crippen LogP contribution is 2.24. The highest BCUT2D eigenvalue weighted by Gasteiger charge is 2.12. The molecule has 2 aromatic rings. The normalized spacial score (nSPS) is 11.5. The Labute approximate surface area is 149 Å². The van der Waals surface area contributed by atoms with Gasteiger partial charge in [0.2, 0.25) is 0 Å². The first-order valence-corrected chi connectivity index (χ1v) is 8.52. The van der Waals surface area contributed by atoms with Gasteiger partial charge in [-0.1, -0.05) is 31.2 Å². The second kappa shape index (κ2) is 9.13. The highest BCUT2D eigenvalue weighted by molar-refractivity contribution is 7.80. The molecular weight excluding hydrogens is 320 g/mol. The SMILES string of the molecule is CCOc1ccccc1NC(=S)N[C@H](CC)c1ccc(OC)cc1. The summed E-state index contributed by atoms with van der Waals surface area (Å²) in [5.41, 5.74) is 2.03. The number of ether oxygens (including phenoxy) is 2. The van der Waals surface area contributed by atoms with Gasteiger partial charge >= 0.3 is 0 Å². The fourth-order valence-corrected chi connectivity index (χ4v) is 2.68. The summed E-state index contributed by atoms with van der Waals surface area (Å²) >= 11 is 5.47. The fraction of sp³-hybridized carbons (Fsp3) is 0.316. The van der Waals surface area contributed by atoms with E-state index in [1.54, 1.807) is 7.11 Å². The lowest BCUT2D eigenvalue weighted by Gasteiger charge is -2.21. The van der Waals surface area contributed by atoms with Crippen LogP contribution in [0.2, 0.25) is 0 Å². The lowest BCUT2D eigenvalue weighted by molar-refractivity contribution is 0.342. The van der Waals surface area contributed by atoms with Crippen molar-refractivity contribution in [3.63, 3.8) is 0 Å². The summed E-state index contributed by atoms with van der Waals surface area (Å²) in [6, 6.07) is 15.9. The van der Waals surface area contributed by atoms with Gasteiger partial charge in [0, 0.05) is 0 Å². The van der Waals surface area contributed by atoms with Crippen molar-refractivity contribution < 1.29 is 9.47 Å². The zero-order chi connectivity index (χ0) is 17.4. The maximum absolute atomic E-state index is 5.62. The Morgan fingerprint density at radius 3 is 2.42 bits per heavy atom. The number of methoxy groups -OCH3 is 1. The maximum atomic E-state index is 5.62. The number of nitrogens with one attached hydrogen (secondary N) is 2. The van der Waals surface area contributed by atoms with Crippen LogP contribution in [0.5, 0.6) is 11.5 Å². The molecule has 0 bridgehead atoms. The van der Waals surface area contributed by atoms with Crippen LogP contribution < -0.4 is 20.1 Å². The molecule has 2 rings (SSSR count). The van der Waals surface area contributed by atoms with Gasteiger partial charge in [-0.15, -0.1) is 0 Å². The van der Waals surface area contributed by atoms with Crippen LogP contribution in [0, 0.1) is 0 Å². The Balaban J connectivity index is 2.04. The maximum Gasteiger partial charge on any atom is 0.171 e. The summed E-state index contributed by atoms with van der Waals surface area (Å²) in [5, 5.41) is 7.16. The van der Waals surface area contributed by atoms with Crippen LogP contribution in [0.1, 0.15) is 31.9 Å². The van der Waals surface area contributed by atoms with Crippen LogP contribution in [0.25, 0.3) is 0 Å². The van der Waals surface area contributed by atoms with E-state index in [0.29, 0.717) is 11.7 Å². The van der Waals surface area contributed by atoms with Crippen molar-refractivity contribution in [2.24, 2.45) is 0 Å². The number of anilines is 1. The van der Waals surface area contributed by atoms with E-state index in [1.165, 1.54) is 5.56 Å². The molecule has 2 N–H and O–H groups in total. The van der Waals surface area contributed by atoms with Gasteiger partial charge in [0.1, 0.15) is 11.5 Å². The average Bonchev–Trinajstić information content (AvgIpc) is 2.62. The molecule has 0 radical (unpaired) electrons. The summed E-state index contributed by atoms with van der Waals surface area (Å²) in [5.74, 6) is 1.64. The smallest absolute Gasteiger partial charge is 0.171 e. The zero-order valence-electron chi connectivity index (χ0n) is 14.3. The molecule has 128 valence electrons. The zero-order valence-corrected chi connectivity index (χ0v) is 15.2. The molecule has 0 heterocycles. The third-order valence-corrected chi connectivity index (χ3v) is 3.89. The number of benzene rings is 2. The Bertz CT molecular complexity index is 659. The van der Waals surface area contributed by atoms with Gasteiger partial charge in [0.25, 0.3) is 0 Å². The number of para-hydroxylation sites is 2. The Kier molecular flexibility index (Phi) is 6.88. The van der Waals surface area contributed by atoms with E-state index in [4.69, 9.17) is 21.7 Å². The average molecular weight is 344 g/mol. The molecule has 0 aliphatic carbocycles. The second-order valence-corrected chi connectivity index (χ2v) is 5.67. The number of thiocarbonyl (C=S) groups is 1. The molecule has 0 saturated heterocycles. The van der Waals surface area contributed by atoms with E-state index in [0.717, 1.165) is 23.6 Å². The van der Waals surface area contributed by atoms with Crippen molar-refractivity contribution in [2.75, 3.05) is 19.0 Å². The summed E-state index contributed by atoms with van der Waals surface area (Å²) < 4.78 is 10.8. The van der Waals surface area contributed by atoms with Gasteiger partial charge in [-0.3, -0.25) is 0 Å². The van der Waals surface area contributed by atoms with Crippen molar-refractivity contribution >= 4 is 23.0 Å². The van der Waals surface area contributed by atoms with E-state index in [2.05, 4.69) is 29.7 Å². The lowest BCUT2D eigenvalue weighted by Crippen LogP contribution is -2.32. The first kappa shape index (κ1) is 18.1. The molecule has 4 nitrogen and oxygen atoms in total. The predicted octanol–water partition coefficient (Wildman–Crippen LogP) is 4.53. The molecule has 0 amide bonds. The van der Waals surface area contributed by atoms with Crippen LogP contribution in [0.15, 0.2) is 48.5 Å². The third kappa shape index (κ3) is 4.86. The number of hydrogen-bond acceptors (Lipinski definition) is 3. The largest absolute Gasteiger partial charge is 0.497 e. The molecule has 0 fully saturated rings. The van der Waals surface area contributed by atoms with E-state index in [9.17, 15) is 0 Å². The summed E-state index contributed by atoms with van der Waals surface area (Å²) in [7, 11) is 1.67. The summed E-state index contributed by atoms with van der Waals surface area (Å²) in [6.45, 7) is 4.70. The quantitative estimate of drug-likeness (QED) is 0.722. The second-order valence-electron chi connectivity index (χ2n) is 5.26. The van der Waals surface area contributed by atoms with Crippen molar-refractivity contribution in [1.82, 2.24) is 5.32 Å². The Hall–Kier alpha value is -2.27. The topological polar surface area (TPSA) is 42.5 Å². The van der Waals surface area contributed by atoms with Crippen LogP contribution in [0.4, 0.5) is 5.69 Å². The molecular formula is C19H24N2O2S. The third-order valence-electron chi connectivity index (χ3n) is 3.67. The van der Waals surface area contributed by atoms with E-state index in [-0.39, 0.29) is 6.04 Å². The highest BCUT2D eigenvalue weighted by atomic mass is 32.1. The van der Waals surface area contributed by atoms with Crippen molar-refractivity contribution in [3.8, 4) is 11.5 Å². The van der Waals surface area contributed by atoms with Crippen molar-refractivity contribution in [2.45, 2.75) is 26.3 Å². The van der Waals surface area contributed by atoms with Crippen molar-refractivity contribution in [1.29, 1.82) is 0 Å². The van der Waals surface area contributed by atoms with Gasteiger partial charge < -0.3 is 20.1 Å². The van der Waals surface area contributed by atoms with Gasteiger partial charge in [0.05, 0.1) is 25.4 Å². The summed E-state index contributed by atoms with van der Waals surface area (Å²) in [6.07, 6.45) is 0.918. The van der Waals surface area contributed by atoms with Crippen LogP contribution in [-0.2, 0) is 0 Å². The fourth-order valence-electron chi connectivity index (χ4n) is 2.43. The molecule has 0 aliphatic rings. The molecule has 2 aromatic carbocycles. The molecule has 24 heavy (non-hydrogen) atoms. The monoisotopic (exact) mass is 344 g/mol. The van der Waals surface area contributed by atoms with Gasteiger partial charge in [-0.2, -0.15) is 0 Å². The molecule has 0 aromatic heterocycles. The molecule has 0 spiro atoms. The number of rotatable bonds is 7. The van der Waals surface area contributed by atoms with E-state index >= 15 is 0 Å². The molecule has 0 saturated carbocycles. The van der Waals surface area contributed by atoms with E-state index in [1.807, 2.05) is 43.3 Å². The van der Waals surface area contributed by atoms with Crippen molar-refractivity contribution in [3.05, 3.63) is 54.1 Å². The minimum Gasteiger partial charge on any atom is -0.497 e. The molecule has 0 aliphatic heterocycles. The minimum atomic E-state index is 0.134. The predicted molar refractivity (Wildman–Crippen MR) is 103 cm³/mol. The minimum absolute atomic E-state index is 0.134. The first-order chi connectivity index (χ1) is 11.7. The van der Waals surface area contributed by atoms with Gasteiger partial charge in [-0.25, -0.2) is 0 Å². The molecule has 5 heteroatoms. The van der Waals surface area contributed by atoms with Crippen LogP contribution in [-0.4, -0.2) is 18.8 Å². The summed E-state index contributed by atoms with van der Waals surface area (Å²) in [4.78, 5) is 0. The van der Waals surface area contributed by atoms with Gasteiger partial charge in [-0.05, 0) is 55.4 Å². The van der Waals surface area contributed by atoms with Crippen LogP contribution in [0.3, 0.4) is 0 Å². The number of hydrogen-bond donors (Lipinski definition) is 2. The first-order valence-electron chi connectivity index (χ1n) is 8.11. The Morgan fingerprint density at radius 2 is 1.79 bits per heavy atom. The molecule has 1 atom stereocenters. The lowest BCUT2D eigenvalue weighted by atomic mass is 10.0. The Morgan fingerprint density at radius 1 is 1.08 bits per heavy atom. The molecule has 0 unspecified atom stereocenters. The van der Waals surface area contributed by atoms with E-state index < -0.39 is 0 Å². The van der Waals surface area contributed by atoms with Crippen LogP contribution >= 0.6 is 12.2 Å².